The number of hydrogen-bond donors (Lipinski definition) is 1. The van der Waals surface area contributed by atoms with Gasteiger partial charge in [0.05, 0.1) is 33.8 Å². The molecule has 470 valence electrons. The van der Waals surface area contributed by atoms with E-state index in [1.165, 1.54) is 161 Å². The Balaban J connectivity index is 5.10. The van der Waals surface area contributed by atoms with Crippen molar-refractivity contribution in [3.05, 3.63) is 85.1 Å². The second kappa shape index (κ2) is 60.3. The highest BCUT2D eigenvalue weighted by atomic mass is 31.2. The van der Waals surface area contributed by atoms with Gasteiger partial charge in [-0.05, 0) is 109 Å². The van der Waals surface area contributed by atoms with Crippen LogP contribution >= 0.6 is 7.82 Å². The molecule has 0 aromatic heterocycles. The number of rotatable bonds is 61. The molecule has 10 heteroatoms. The summed E-state index contributed by atoms with van der Waals surface area (Å²) in [4.78, 5) is 40.1. The number of allylic oxidation sites excluding steroid dienone is 13. The maximum absolute atomic E-state index is 13.6. The first kappa shape index (κ1) is 78.2. The lowest BCUT2D eigenvalue weighted by atomic mass is 10.0. The summed E-state index contributed by atoms with van der Waals surface area (Å²) in [5.74, 6) is -0.550. The molecule has 0 saturated heterocycles. The van der Waals surface area contributed by atoms with E-state index in [1.54, 1.807) is 0 Å². The predicted molar refractivity (Wildman–Crippen MR) is 348 cm³/mol. The first-order valence-corrected chi connectivity index (χ1v) is 35.4. The van der Waals surface area contributed by atoms with Crippen LogP contribution in [0.15, 0.2) is 85.1 Å². The molecule has 0 aromatic carbocycles. The number of phosphoric acid groups is 1. The second-order valence-corrected chi connectivity index (χ2v) is 25.4. The van der Waals surface area contributed by atoms with Crippen molar-refractivity contribution < 1.29 is 37.3 Å². The SMILES string of the molecule is CCCCC/C=C\C/C=C\C/C=C\C/C=C\CCCCCCCCCCCC(=O)OC(/C=C\CCCCCCCCCCC)C(COP(=O)([O-])OCC[N+](C)(C)C)NC(=O)CCCCCCCCCCC/C=C\C/C=C\CCCCC. The molecule has 0 saturated carbocycles. The van der Waals surface area contributed by atoms with E-state index in [0.717, 1.165) is 109 Å². The Hall–Kier alpha value is -2.81. The number of likely N-dealkylation sites (N-methyl/N-ethyl adjacent to an activating group) is 1. The standard InChI is InChI=1S/C71H129N2O7P/c1-7-10-13-16-19-22-25-27-29-31-33-34-35-36-37-38-40-42-44-46-49-52-55-58-61-64-71(75)80-69(62-59-56-53-50-47-24-21-18-15-12-9-3)68(67-79-81(76,77)78-66-65-73(4,5)6)72-70(74)63-60-57-54-51-48-45-43-41-39-32-30-28-26-23-20-17-14-11-8-2/h19-20,22-23,27-30,33-34,36-37,59,62,68-69H,7-18,21,24-26,31-32,35,38-58,60-61,63-67H2,1-6H3,(H-,72,74,76,77)/b22-19-,23-20-,29-27-,30-28-,34-33-,37-36-,62-59-. The van der Waals surface area contributed by atoms with Crippen LogP contribution in [0.4, 0.5) is 0 Å². The van der Waals surface area contributed by atoms with Crippen molar-refractivity contribution in [2.24, 2.45) is 0 Å². The van der Waals surface area contributed by atoms with Gasteiger partial charge in [-0.2, -0.15) is 0 Å². The normalized spacial score (nSPS) is 14.1. The Morgan fingerprint density at radius 3 is 1.15 bits per heavy atom. The summed E-state index contributed by atoms with van der Waals surface area (Å²) in [5, 5.41) is 3.03. The molecule has 3 unspecified atom stereocenters. The number of carbonyl (C=O) groups excluding carboxylic acids is 2. The predicted octanol–water partition coefficient (Wildman–Crippen LogP) is 20.7. The number of nitrogens with zero attached hydrogens (tertiary/aromatic N) is 1. The van der Waals surface area contributed by atoms with E-state index in [-0.39, 0.29) is 24.9 Å². The second-order valence-electron chi connectivity index (χ2n) is 24.0. The lowest BCUT2D eigenvalue weighted by molar-refractivity contribution is -0.870. The van der Waals surface area contributed by atoms with Crippen molar-refractivity contribution in [3.8, 4) is 0 Å². The minimum atomic E-state index is -4.71. The largest absolute Gasteiger partial charge is 0.756 e. The summed E-state index contributed by atoms with van der Waals surface area (Å²) in [5.41, 5.74) is 0. The number of esters is 1. The average Bonchev–Trinajstić information content (AvgIpc) is 3.43. The molecule has 1 N–H and O–H groups in total. The number of amides is 1. The molecule has 0 aliphatic carbocycles. The van der Waals surface area contributed by atoms with Crippen molar-refractivity contribution in [1.29, 1.82) is 0 Å². The van der Waals surface area contributed by atoms with Gasteiger partial charge in [0.25, 0.3) is 7.82 Å². The van der Waals surface area contributed by atoms with E-state index in [2.05, 4.69) is 99.0 Å². The number of hydrogen-bond acceptors (Lipinski definition) is 7. The number of ether oxygens (including phenoxy) is 1. The Bertz CT molecular complexity index is 1660. The van der Waals surface area contributed by atoms with Crippen LogP contribution in [0.2, 0.25) is 0 Å². The van der Waals surface area contributed by atoms with E-state index in [1.807, 2.05) is 33.3 Å². The van der Waals surface area contributed by atoms with Crippen molar-refractivity contribution >= 4 is 19.7 Å². The summed E-state index contributed by atoms with van der Waals surface area (Å²) < 4.78 is 30.4. The van der Waals surface area contributed by atoms with Gasteiger partial charge in [-0.3, -0.25) is 14.2 Å². The molecule has 0 aliphatic heterocycles. The first-order chi connectivity index (χ1) is 39.4. The molecule has 0 aromatic rings. The van der Waals surface area contributed by atoms with Crippen LogP contribution in [0.5, 0.6) is 0 Å². The number of carbonyl (C=O) groups is 2. The maximum Gasteiger partial charge on any atom is 0.306 e. The highest BCUT2D eigenvalue weighted by Crippen LogP contribution is 2.38. The molecule has 0 heterocycles. The molecule has 0 rings (SSSR count). The molecule has 0 spiro atoms. The summed E-state index contributed by atoms with van der Waals surface area (Å²) in [6.45, 7) is 6.79. The van der Waals surface area contributed by atoms with Gasteiger partial charge in [-0.1, -0.05) is 267 Å². The van der Waals surface area contributed by atoms with E-state index in [0.29, 0.717) is 17.4 Å². The summed E-state index contributed by atoms with van der Waals surface area (Å²) >= 11 is 0. The molecule has 3 atom stereocenters. The fourth-order valence-corrected chi connectivity index (χ4v) is 10.3. The fourth-order valence-electron chi connectivity index (χ4n) is 9.54. The molecule has 81 heavy (non-hydrogen) atoms. The van der Waals surface area contributed by atoms with Gasteiger partial charge in [0.15, 0.2) is 0 Å². The highest BCUT2D eigenvalue weighted by molar-refractivity contribution is 7.45. The Labute approximate surface area is 501 Å². The van der Waals surface area contributed by atoms with Crippen LogP contribution in [0.25, 0.3) is 0 Å². The maximum atomic E-state index is 13.6. The van der Waals surface area contributed by atoms with Crippen LogP contribution in [0.1, 0.15) is 303 Å². The zero-order chi connectivity index (χ0) is 59.3. The Morgan fingerprint density at radius 1 is 0.432 bits per heavy atom. The van der Waals surface area contributed by atoms with Gasteiger partial charge in [0.2, 0.25) is 5.91 Å². The monoisotopic (exact) mass is 1150 g/mol. The van der Waals surface area contributed by atoms with E-state index in [4.69, 9.17) is 13.8 Å². The zero-order valence-electron chi connectivity index (χ0n) is 53.7. The average molecular weight is 1150 g/mol. The third-order valence-corrected chi connectivity index (χ3v) is 15.8. The summed E-state index contributed by atoms with van der Waals surface area (Å²) in [6.07, 6.45) is 79.8. The van der Waals surface area contributed by atoms with Crippen LogP contribution in [-0.2, 0) is 27.9 Å². The zero-order valence-corrected chi connectivity index (χ0v) is 54.6. The summed E-state index contributed by atoms with van der Waals surface area (Å²) in [6, 6.07) is -0.897. The highest BCUT2D eigenvalue weighted by Gasteiger charge is 2.27. The molecule has 0 radical (unpaired) electrons. The van der Waals surface area contributed by atoms with Gasteiger partial charge in [0.1, 0.15) is 19.3 Å². The molecule has 1 amide bonds. The van der Waals surface area contributed by atoms with Crippen molar-refractivity contribution in [1.82, 2.24) is 5.32 Å². The third-order valence-electron chi connectivity index (χ3n) is 14.8. The van der Waals surface area contributed by atoms with Crippen LogP contribution < -0.4 is 10.2 Å². The third kappa shape index (κ3) is 61.6. The molecular weight excluding hydrogens is 1020 g/mol. The lowest BCUT2D eigenvalue weighted by Gasteiger charge is -2.30. The number of nitrogens with one attached hydrogen (secondary N) is 1. The van der Waals surface area contributed by atoms with Gasteiger partial charge in [-0.15, -0.1) is 0 Å². The summed E-state index contributed by atoms with van der Waals surface area (Å²) in [7, 11) is 1.17. The van der Waals surface area contributed by atoms with E-state index in [9.17, 15) is 19.0 Å². The van der Waals surface area contributed by atoms with E-state index < -0.39 is 26.6 Å². The lowest BCUT2D eigenvalue weighted by Crippen LogP contribution is -2.47. The van der Waals surface area contributed by atoms with Crippen molar-refractivity contribution in [2.75, 3.05) is 40.9 Å². The van der Waals surface area contributed by atoms with Crippen LogP contribution in [0.3, 0.4) is 0 Å². The molecule has 0 bridgehead atoms. The minimum Gasteiger partial charge on any atom is -0.756 e. The smallest absolute Gasteiger partial charge is 0.306 e. The molecule has 9 nitrogen and oxygen atoms in total. The topological polar surface area (TPSA) is 114 Å². The van der Waals surface area contributed by atoms with Crippen LogP contribution in [0, 0.1) is 0 Å². The van der Waals surface area contributed by atoms with Gasteiger partial charge >= 0.3 is 5.97 Å². The quantitative estimate of drug-likeness (QED) is 0.0212. The molecule has 0 fully saturated rings. The number of quaternary nitrogens is 1. The fraction of sp³-hybridized carbons (Fsp3) is 0.775. The van der Waals surface area contributed by atoms with Crippen LogP contribution in [-0.4, -0.2) is 69.4 Å². The van der Waals surface area contributed by atoms with E-state index >= 15 is 0 Å². The molecule has 0 aliphatic rings. The number of unbranched alkanes of at least 4 members (excludes halogenated alkanes) is 33. The van der Waals surface area contributed by atoms with Crippen molar-refractivity contribution in [3.63, 3.8) is 0 Å². The van der Waals surface area contributed by atoms with Crippen molar-refractivity contribution in [2.45, 2.75) is 315 Å². The van der Waals surface area contributed by atoms with Gasteiger partial charge in [-0.25, -0.2) is 0 Å². The van der Waals surface area contributed by atoms with Gasteiger partial charge < -0.3 is 28.5 Å². The Kier molecular flexibility index (Phi) is 58.2. The number of phosphoric ester groups is 1. The Morgan fingerprint density at radius 2 is 0.753 bits per heavy atom. The molecular formula is C71H129N2O7P. The first-order valence-electron chi connectivity index (χ1n) is 33.9. The van der Waals surface area contributed by atoms with Gasteiger partial charge in [0, 0.05) is 12.8 Å². The minimum absolute atomic E-state index is 0.0269.